The molecule has 22 heavy (non-hydrogen) atoms. The third-order valence-corrected chi connectivity index (χ3v) is 3.11. The average Bonchev–Trinajstić information content (AvgIpc) is 2.86. The highest BCUT2D eigenvalue weighted by Crippen LogP contribution is 2.29. The molecule has 2 aromatic heterocycles. The number of hydrogen-bond donors (Lipinski definition) is 2. The molecule has 6 nitrogen and oxygen atoms in total. The Hall–Kier alpha value is -2.97. The molecule has 2 heterocycles. The van der Waals surface area contributed by atoms with Crippen LogP contribution in [0.3, 0.4) is 0 Å². The molecule has 0 bridgehead atoms. The van der Waals surface area contributed by atoms with Gasteiger partial charge in [0.1, 0.15) is 13.7 Å². The normalized spacial score (nSPS) is 10.8. The standard InChI is InChI=1S/C13H10BF2N5O/c14-6-4-7(11(17)18-5-6)12-19-20-13(22)21(12)9-3-1-2-8(15)10(9)16/h1-5H,14H2,(H2,17,18)(H,20,22). The summed E-state index contributed by atoms with van der Waals surface area (Å²) in [5.74, 6) is -1.98. The SMILES string of the molecule is Bc1cnc(N)c(-c2nnc(O)n2-c2cccc(F)c2F)c1. The number of benzene rings is 1. The number of halogens is 2. The van der Waals surface area contributed by atoms with Crippen LogP contribution in [0, 0.1) is 11.6 Å². The summed E-state index contributed by atoms with van der Waals surface area (Å²) in [7, 11) is 1.79. The number of aromatic nitrogens is 4. The summed E-state index contributed by atoms with van der Waals surface area (Å²) in [4.78, 5) is 3.99. The number of aromatic hydroxyl groups is 1. The summed E-state index contributed by atoms with van der Waals surface area (Å²) < 4.78 is 28.4. The topological polar surface area (TPSA) is 89.8 Å². The molecule has 0 radical (unpaired) electrons. The predicted octanol–water partition coefficient (Wildman–Crippen LogP) is 0.154. The Morgan fingerprint density at radius 1 is 1.23 bits per heavy atom. The van der Waals surface area contributed by atoms with Crippen molar-refractivity contribution in [3.8, 4) is 23.1 Å². The van der Waals surface area contributed by atoms with Gasteiger partial charge in [0.2, 0.25) is 0 Å². The summed E-state index contributed by atoms with van der Waals surface area (Å²) in [6.45, 7) is 0. The molecule has 0 aliphatic rings. The Kier molecular flexibility index (Phi) is 3.24. The lowest BCUT2D eigenvalue weighted by Crippen LogP contribution is -2.09. The number of nitrogens with two attached hydrogens (primary N) is 1. The Balaban J connectivity index is 2.29. The van der Waals surface area contributed by atoms with E-state index in [1.807, 2.05) is 0 Å². The minimum absolute atomic E-state index is 0.0655. The van der Waals surface area contributed by atoms with Gasteiger partial charge in [-0.2, -0.15) is 0 Å². The molecule has 9 heteroatoms. The number of anilines is 1. The fraction of sp³-hybridized carbons (Fsp3) is 0. The van der Waals surface area contributed by atoms with E-state index in [2.05, 4.69) is 15.2 Å². The second kappa shape index (κ2) is 5.10. The predicted molar refractivity (Wildman–Crippen MR) is 78.8 cm³/mol. The highest BCUT2D eigenvalue weighted by molar-refractivity contribution is 6.32. The summed E-state index contributed by atoms with van der Waals surface area (Å²) in [5.41, 5.74) is 6.73. The summed E-state index contributed by atoms with van der Waals surface area (Å²) in [6.07, 6.45) is 1.56. The fourth-order valence-corrected chi connectivity index (χ4v) is 2.10. The first-order valence-corrected chi connectivity index (χ1v) is 6.30. The molecule has 0 amide bonds. The maximum Gasteiger partial charge on any atom is 0.319 e. The minimum Gasteiger partial charge on any atom is -0.479 e. The molecule has 3 rings (SSSR count). The Bertz CT molecular complexity index is 868. The van der Waals surface area contributed by atoms with Crippen molar-refractivity contribution in [2.45, 2.75) is 0 Å². The summed E-state index contributed by atoms with van der Waals surface area (Å²) >= 11 is 0. The van der Waals surface area contributed by atoms with Crippen LogP contribution in [0.1, 0.15) is 0 Å². The second-order valence-corrected chi connectivity index (χ2v) is 4.68. The number of pyridine rings is 1. The largest absolute Gasteiger partial charge is 0.479 e. The Morgan fingerprint density at radius 2 is 2.00 bits per heavy atom. The molecule has 3 aromatic rings. The first kappa shape index (κ1) is 14.0. The molecular weight excluding hydrogens is 291 g/mol. The van der Waals surface area contributed by atoms with Gasteiger partial charge in [0.15, 0.2) is 17.5 Å². The Morgan fingerprint density at radius 3 is 2.77 bits per heavy atom. The van der Waals surface area contributed by atoms with Crippen molar-refractivity contribution in [1.29, 1.82) is 0 Å². The number of hydrogen-bond acceptors (Lipinski definition) is 5. The number of nitrogen functional groups attached to an aromatic ring is 1. The highest BCUT2D eigenvalue weighted by atomic mass is 19.2. The van der Waals surface area contributed by atoms with Crippen molar-refractivity contribution in [2.75, 3.05) is 5.73 Å². The van der Waals surface area contributed by atoms with E-state index in [9.17, 15) is 13.9 Å². The molecule has 0 saturated heterocycles. The zero-order valence-electron chi connectivity index (χ0n) is 11.5. The van der Waals surface area contributed by atoms with E-state index in [4.69, 9.17) is 5.73 Å². The first-order chi connectivity index (χ1) is 10.5. The monoisotopic (exact) mass is 301 g/mol. The van der Waals surface area contributed by atoms with Crippen molar-refractivity contribution in [3.63, 3.8) is 0 Å². The number of nitrogens with zero attached hydrogens (tertiary/aromatic N) is 4. The van der Waals surface area contributed by atoms with Gasteiger partial charge < -0.3 is 10.8 Å². The van der Waals surface area contributed by atoms with E-state index < -0.39 is 17.6 Å². The molecule has 0 spiro atoms. The van der Waals surface area contributed by atoms with Crippen molar-refractivity contribution < 1.29 is 13.9 Å². The molecule has 0 unspecified atom stereocenters. The van der Waals surface area contributed by atoms with Crippen molar-refractivity contribution in [1.82, 2.24) is 19.7 Å². The Labute approximate surface area is 124 Å². The third kappa shape index (κ3) is 2.16. The van der Waals surface area contributed by atoms with E-state index in [1.165, 1.54) is 12.1 Å². The van der Waals surface area contributed by atoms with Crippen molar-refractivity contribution in [2.24, 2.45) is 0 Å². The molecular formula is C13H10BF2N5O. The van der Waals surface area contributed by atoms with Crippen LogP contribution in [0.15, 0.2) is 30.5 Å². The van der Waals surface area contributed by atoms with Gasteiger partial charge >= 0.3 is 6.01 Å². The van der Waals surface area contributed by atoms with E-state index in [0.29, 0.717) is 5.56 Å². The average molecular weight is 301 g/mol. The zero-order chi connectivity index (χ0) is 15.9. The van der Waals surface area contributed by atoms with Crippen molar-refractivity contribution in [3.05, 3.63) is 42.1 Å². The minimum atomic E-state index is -1.13. The van der Waals surface area contributed by atoms with Gasteiger partial charge in [-0.25, -0.2) is 18.3 Å². The zero-order valence-corrected chi connectivity index (χ0v) is 11.5. The lowest BCUT2D eigenvalue weighted by Gasteiger charge is -2.10. The van der Waals surface area contributed by atoms with Gasteiger partial charge in [0.05, 0.1) is 11.3 Å². The summed E-state index contributed by atoms with van der Waals surface area (Å²) in [6, 6.07) is 4.67. The first-order valence-electron chi connectivity index (χ1n) is 6.30. The van der Waals surface area contributed by atoms with E-state index in [-0.39, 0.29) is 17.3 Å². The molecule has 110 valence electrons. The van der Waals surface area contributed by atoms with Crippen LogP contribution in [-0.2, 0) is 0 Å². The quantitative estimate of drug-likeness (QED) is 0.658. The maximum absolute atomic E-state index is 14.0. The molecule has 3 N–H and O–H groups in total. The van der Waals surface area contributed by atoms with Gasteiger partial charge in [0.25, 0.3) is 0 Å². The molecule has 0 aliphatic heterocycles. The molecule has 1 aromatic carbocycles. The van der Waals surface area contributed by atoms with Gasteiger partial charge in [-0.3, -0.25) is 0 Å². The van der Waals surface area contributed by atoms with E-state index in [0.717, 1.165) is 16.1 Å². The van der Waals surface area contributed by atoms with Crippen LogP contribution >= 0.6 is 0 Å². The van der Waals surface area contributed by atoms with Crippen LogP contribution in [0.2, 0.25) is 0 Å². The van der Waals surface area contributed by atoms with Gasteiger partial charge in [0, 0.05) is 6.20 Å². The number of rotatable bonds is 2. The fourth-order valence-electron chi connectivity index (χ4n) is 2.10. The molecule has 0 atom stereocenters. The van der Waals surface area contributed by atoms with E-state index in [1.54, 1.807) is 20.1 Å². The van der Waals surface area contributed by atoms with Crippen molar-refractivity contribution >= 4 is 19.1 Å². The molecule has 0 fully saturated rings. The van der Waals surface area contributed by atoms with E-state index >= 15 is 0 Å². The van der Waals surface area contributed by atoms with Gasteiger partial charge in [-0.1, -0.05) is 22.7 Å². The second-order valence-electron chi connectivity index (χ2n) is 4.68. The van der Waals surface area contributed by atoms with Crippen LogP contribution in [-0.4, -0.2) is 32.7 Å². The van der Waals surface area contributed by atoms with Crippen LogP contribution in [0.5, 0.6) is 6.01 Å². The molecule has 0 saturated carbocycles. The third-order valence-electron chi connectivity index (χ3n) is 3.11. The van der Waals surface area contributed by atoms with Gasteiger partial charge in [-0.05, 0) is 12.1 Å². The highest BCUT2D eigenvalue weighted by Gasteiger charge is 2.21. The van der Waals surface area contributed by atoms with Crippen LogP contribution in [0.25, 0.3) is 17.1 Å². The molecule has 0 aliphatic carbocycles. The van der Waals surface area contributed by atoms with Gasteiger partial charge in [-0.15, -0.1) is 5.10 Å². The smallest absolute Gasteiger partial charge is 0.319 e. The summed E-state index contributed by atoms with van der Waals surface area (Å²) in [5, 5.41) is 17.2. The lowest BCUT2D eigenvalue weighted by atomic mass is 9.96. The van der Waals surface area contributed by atoms with Crippen LogP contribution < -0.4 is 11.2 Å². The van der Waals surface area contributed by atoms with Crippen LogP contribution in [0.4, 0.5) is 14.6 Å². The lowest BCUT2D eigenvalue weighted by molar-refractivity contribution is 0.416. The maximum atomic E-state index is 14.0.